The lowest BCUT2D eigenvalue weighted by Gasteiger charge is -2.12. The molecule has 0 aliphatic rings. The zero-order valence-electron chi connectivity index (χ0n) is 11.4. The number of aliphatic hydroxyl groups excluding tert-OH is 1. The molecule has 2 aromatic rings. The molecule has 0 bridgehead atoms. The minimum atomic E-state index is -0.921. The lowest BCUT2D eigenvalue weighted by Crippen LogP contribution is -2.33. The highest BCUT2D eigenvalue weighted by Gasteiger charge is 2.12. The molecule has 0 saturated carbocycles. The van der Waals surface area contributed by atoms with E-state index in [2.05, 4.69) is 5.32 Å². The first-order valence-electron chi connectivity index (χ1n) is 6.32. The smallest absolute Gasteiger partial charge is 0.307 e. The third-order valence-corrected chi connectivity index (χ3v) is 3.91. The molecule has 0 radical (unpaired) electrons. The van der Waals surface area contributed by atoms with Gasteiger partial charge in [0.2, 0.25) is 5.91 Å². The monoisotopic (exact) mass is 310 g/mol. The van der Waals surface area contributed by atoms with Crippen molar-refractivity contribution in [3.63, 3.8) is 0 Å². The number of halogens is 1. The van der Waals surface area contributed by atoms with Gasteiger partial charge in [-0.3, -0.25) is 14.2 Å². The van der Waals surface area contributed by atoms with Crippen LogP contribution in [0.4, 0.5) is 4.39 Å². The SMILES string of the molecule is Cc1csc(=O)n1CC(=O)NCC(O)c1ccc(F)cc1. The Morgan fingerprint density at radius 1 is 1.43 bits per heavy atom. The quantitative estimate of drug-likeness (QED) is 0.872. The Morgan fingerprint density at radius 3 is 2.67 bits per heavy atom. The van der Waals surface area contributed by atoms with E-state index < -0.39 is 6.10 Å². The molecule has 1 aromatic heterocycles. The Morgan fingerprint density at radius 2 is 2.10 bits per heavy atom. The molecule has 1 heterocycles. The van der Waals surface area contributed by atoms with Crippen molar-refractivity contribution in [3.05, 3.63) is 56.4 Å². The number of carbonyl (C=O) groups excluding carboxylic acids is 1. The van der Waals surface area contributed by atoms with Crippen molar-refractivity contribution in [2.45, 2.75) is 19.6 Å². The summed E-state index contributed by atoms with van der Waals surface area (Å²) in [6.45, 7) is 1.67. The van der Waals surface area contributed by atoms with Gasteiger partial charge >= 0.3 is 4.87 Å². The topological polar surface area (TPSA) is 71.3 Å². The summed E-state index contributed by atoms with van der Waals surface area (Å²) in [7, 11) is 0. The van der Waals surface area contributed by atoms with Crippen LogP contribution in [0.3, 0.4) is 0 Å². The maximum Gasteiger partial charge on any atom is 0.307 e. The van der Waals surface area contributed by atoms with Crippen LogP contribution >= 0.6 is 11.3 Å². The van der Waals surface area contributed by atoms with E-state index in [1.807, 2.05) is 0 Å². The second kappa shape index (κ2) is 6.64. The second-order valence-electron chi connectivity index (χ2n) is 4.60. The predicted molar refractivity (Wildman–Crippen MR) is 77.7 cm³/mol. The fourth-order valence-electron chi connectivity index (χ4n) is 1.81. The molecule has 2 rings (SSSR count). The molecule has 21 heavy (non-hydrogen) atoms. The van der Waals surface area contributed by atoms with Gasteiger partial charge < -0.3 is 10.4 Å². The van der Waals surface area contributed by atoms with Gasteiger partial charge in [-0.15, -0.1) is 0 Å². The van der Waals surface area contributed by atoms with Crippen LogP contribution in [0.25, 0.3) is 0 Å². The summed E-state index contributed by atoms with van der Waals surface area (Å²) in [5, 5.41) is 14.1. The van der Waals surface area contributed by atoms with Crippen molar-refractivity contribution in [2.75, 3.05) is 6.54 Å². The van der Waals surface area contributed by atoms with Crippen molar-refractivity contribution in [1.29, 1.82) is 0 Å². The Kier molecular flexibility index (Phi) is 4.87. The number of aromatic nitrogens is 1. The van der Waals surface area contributed by atoms with Gasteiger partial charge in [-0.2, -0.15) is 0 Å². The summed E-state index contributed by atoms with van der Waals surface area (Å²) in [5.41, 5.74) is 1.24. The number of thiazole rings is 1. The van der Waals surface area contributed by atoms with E-state index in [4.69, 9.17) is 0 Å². The average molecular weight is 310 g/mol. The van der Waals surface area contributed by atoms with Crippen molar-refractivity contribution in [3.8, 4) is 0 Å². The molecule has 112 valence electrons. The summed E-state index contributed by atoms with van der Waals surface area (Å²) in [4.78, 5) is 23.1. The number of hydrogen-bond acceptors (Lipinski definition) is 4. The number of benzene rings is 1. The first-order valence-corrected chi connectivity index (χ1v) is 7.20. The maximum absolute atomic E-state index is 12.8. The molecular formula is C14H15FN2O3S. The number of aryl methyl sites for hydroxylation is 1. The molecule has 0 aliphatic heterocycles. The summed E-state index contributed by atoms with van der Waals surface area (Å²) >= 11 is 1.04. The lowest BCUT2D eigenvalue weighted by molar-refractivity contribution is -0.122. The number of hydrogen-bond donors (Lipinski definition) is 2. The number of rotatable bonds is 5. The van der Waals surface area contributed by atoms with E-state index >= 15 is 0 Å². The first kappa shape index (κ1) is 15.4. The van der Waals surface area contributed by atoms with Gasteiger partial charge in [0.05, 0.1) is 6.10 Å². The van der Waals surface area contributed by atoms with Gasteiger partial charge in [0, 0.05) is 17.6 Å². The van der Waals surface area contributed by atoms with Gasteiger partial charge in [-0.05, 0) is 24.6 Å². The molecule has 0 saturated heterocycles. The van der Waals surface area contributed by atoms with E-state index in [1.165, 1.54) is 28.8 Å². The molecular weight excluding hydrogens is 295 g/mol. The van der Waals surface area contributed by atoms with Crippen LogP contribution in [0.1, 0.15) is 17.4 Å². The lowest BCUT2D eigenvalue weighted by atomic mass is 10.1. The third-order valence-electron chi connectivity index (χ3n) is 3.03. The minimum Gasteiger partial charge on any atom is -0.387 e. The van der Waals surface area contributed by atoms with Crippen LogP contribution in [-0.2, 0) is 11.3 Å². The zero-order chi connectivity index (χ0) is 15.4. The third kappa shape index (κ3) is 3.99. The van der Waals surface area contributed by atoms with Crippen molar-refractivity contribution >= 4 is 17.2 Å². The molecule has 0 fully saturated rings. The summed E-state index contributed by atoms with van der Waals surface area (Å²) in [6.07, 6.45) is -0.921. The van der Waals surface area contributed by atoms with Crippen molar-refractivity contribution < 1.29 is 14.3 Å². The number of nitrogens with one attached hydrogen (secondary N) is 1. The van der Waals surface area contributed by atoms with Crippen LogP contribution in [0.15, 0.2) is 34.4 Å². The van der Waals surface area contributed by atoms with Crippen LogP contribution in [0.5, 0.6) is 0 Å². The number of aliphatic hydroxyl groups is 1. The fourth-order valence-corrected chi connectivity index (χ4v) is 2.54. The highest BCUT2D eigenvalue weighted by molar-refractivity contribution is 7.07. The normalized spacial score (nSPS) is 12.1. The molecule has 5 nitrogen and oxygen atoms in total. The van der Waals surface area contributed by atoms with E-state index in [9.17, 15) is 19.1 Å². The summed E-state index contributed by atoms with van der Waals surface area (Å²) < 4.78 is 14.1. The van der Waals surface area contributed by atoms with Crippen molar-refractivity contribution in [1.82, 2.24) is 9.88 Å². The first-order chi connectivity index (χ1) is 9.97. The highest BCUT2D eigenvalue weighted by Crippen LogP contribution is 2.12. The maximum atomic E-state index is 12.8. The molecule has 0 spiro atoms. The predicted octanol–water partition coefficient (Wildman–Crippen LogP) is 1.21. The largest absolute Gasteiger partial charge is 0.387 e. The molecule has 1 unspecified atom stereocenters. The standard InChI is InChI=1S/C14H15FN2O3S/c1-9-8-21-14(20)17(9)7-13(19)16-6-12(18)10-2-4-11(15)5-3-10/h2-5,8,12,18H,6-7H2,1H3,(H,16,19). The fraction of sp³-hybridized carbons (Fsp3) is 0.286. The Balaban J connectivity index is 1.89. The van der Waals surface area contributed by atoms with E-state index in [-0.39, 0.29) is 29.7 Å². The minimum absolute atomic E-state index is 0.00238. The van der Waals surface area contributed by atoms with E-state index in [1.54, 1.807) is 12.3 Å². The van der Waals surface area contributed by atoms with E-state index in [0.717, 1.165) is 17.0 Å². The molecule has 0 aliphatic carbocycles. The van der Waals surface area contributed by atoms with Gasteiger partial charge in [-0.1, -0.05) is 23.5 Å². The van der Waals surface area contributed by atoms with E-state index in [0.29, 0.717) is 5.56 Å². The van der Waals surface area contributed by atoms with Gasteiger partial charge in [0.25, 0.3) is 0 Å². The summed E-state index contributed by atoms with van der Waals surface area (Å²) in [5.74, 6) is -0.748. The number of carbonyl (C=O) groups is 1. The molecule has 7 heteroatoms. The highest BCUT2D eigenvalue weighted by atomic mass is 32.1. The molecule has 1 atom stereocenters. The van der Waals surface area contributed by atoms with Gasteiger partial charge in [0.1, 0.15) is 12.4 Å². The van der Waals surface area contributed by atoms with Gasteiger partial charge in [0.15, 0.2) is 0 Å². The Labute approximate surface area is 124 Å². The molecule has 1 aromatic carbocycles. The van der Waals surface area contributed by atoms with Gasteiger partial charge in [-0.25, -0.2) is 4.39 Å². The van der Waals surface area contributed by atoms with Crippen LogP contribution in [0.2, 0.25) is 0 Å². The van der Waals surface area contributed by atoms with Crippen LogP contribution in [-0.4, -0.2) is 22.1 Å². The Bertz CT molecular complexity index is 678. The van der Waals surface area contributed by atoms with Crippen LogP contribution < -0.4 is 10.2 Å². The summed E-state index contributed by atoms with van der Waals surface area (Å²) in [6, 6.07) is 5.41. The second-order valence-corrected chi connectivity index (χ2v) is 5.42. The molecule has 2 N–H and O–H groups in total. The molecule has 1 amide bonds. The average Bonchev–Trinajstić information content (AvgIpc) is 2.77. The number of amides is 1. The zero-order valence-corrected chi connectivity index (χ0v) is 12.2. The van der Waals surface area contributed by atoms with Crippen LogP contribution in [0, 0.1) is 12.7 Å². The Hall–Kier alpha value is -1.99. The van der Waals surface area contributed by atoms with Crippen molar-refractivity contribution in [2.24, 2.45) is 0 Å². The number of nitrogens with zero attached hydrogens (tertiary/aromatic N) is 1.